The van der Waals surface area contributed by atoms with Crippen molar-refractivity contribution in [2.75, 3.05) is 4.90 Å². The Labute approximate surface area is 337 Å². The van der Waals surface area contributed by atoms with Crippen LogP contribution in [0.15, 0.2) is 229 Å². The molecule has 0 spiro atoms. The Balaban J connectivity index is 1.03. The summed E-state index contributed by atoms with van der Waals surface area (Å²) >= 11 is 0. The lowest BCUT2D eigenvalue weighted by atomic mass is 9.94. The predicted molar refractivity (Wildman–Crippen MR) is 245 cm³/mol. The lowest BCUT2D eigenvalue weighted by molar-refractivity contribution is 0.669. The summed E-state index contributed by atoms with van der Waals surface area (Å²) < 4.78 is 6.40. The zero-order chi connectivity index (χ0) is 38.4. The van der Waals surface area contributed by atoms with E-state index in [4.69, 9.17) is 4.42 Å². The summed E-state index contributed by atoms with van der Waals surface area (Å²) in [4.78, 5) is 2.39. The fourth-order valence-corrected chi connectivity index (χ4v) is 8.54. The molecule has 0 saturated carbocycles. The second kappa shape index (κ2) is 14.1. The van der Waals surface area contributed by atoms with Crippen molar-refractivity contribution in [3.05, 3.63) is 224 Å². The van der Waals surface area contributed by atoms with Gasteiger partial charge in [0.25, 0.3) is 0 Å². The van der Waals surface area contributed by atoms with Gasteiger partial charge in [-0.3, -0.25) is 0 Å². The van der Waals surface area contributed by atoms with Crippen LogP contribution in [0.3, 0.4) is 0 Å². The third-order valence-corrected chi connectivity index (χ3v) is 11.4. The molecule has 0 fully saturated rings. The Morgan fingerprint density at radius 3 is 1.64 bits per heavy atom. The highest BCUT2D eigenvalue weighted by molar-refractivity contribution is 6.13. The summed E-state index contributed by atoms with van der Waals surface area (Å²) in [5.74, 6) is 0. The van der Waals surface area contributed by atoms with E-state index in [1.165, 1.54) is 49.5 Å². The standard InChI is InChI=1S/C56H37NO/c1-2-12-38(13-3-1)40-26-30-47(31-27-40)57(48-32-28-41(29-33-48)43-16-10-17-44(34-43)45-25-24-39-14-4-5-15-42(39)35-45)54-22-8-6-19-50(54)49-21-11-18-46-36-53-51-20-7-9-23-55(51)58-56(53)37-52(46)49/h1-37H. The molecule has 0 bridgehead atoms. The number of anilines is 3. The summed E-state index contributed by atoms with van der Waals surface area (Å²) in [5.41, 5.74) is 14.5. The molecule has 11 rings (SSSR count). The third kappa shape index (κ3) is 6.00. The Bertz CT molecular complexity index is 3270. The van der Waals surface area contributed by atoms with Crippen LogP contribution in [0, 0.1) is 0 Å². The van der Waals surface area contributed by atoms with Crippen molar-refractivity contribution in [2.45, 2.75) is 0 Å². The van der Waals surface area contributed by atoms with Crippen molar-refractivity contribution >= 4 is 60.5 Å². The molecule has 0 N–H and O–H groups in total. The number of hydrogen-bond donors (Lipinski definition) is 0. The van der Waals surface area contributed by atoms with E-state index in [2.05, 4.69) is 217 Å². The molecule has 272 valence electrons. The first-order valence-corrected chi connectivity index (χ1v) is 19.8. The Morgan fingerprint density at radius 1 is 0.276 bits per heavy atom. The van der Waals surface area contributed by atoms with E-state index < -0.39 is 0 Å². The van der Waals surface area contributed by atoms with Crippen LogP contribution in [0.2, 0.25) is 0 Å². The predicted octanol–water partition coefficient (Wildman–Crippen LogP) is 16.0. The number of hydrogen-bond acceptors (Lipinski definition) is 2. The SMILES string of the molecule is c1ccc(-c2ccc(N(c3ccc(-c4cccc(-c5ccc6ccccc6c5)c4)cc3)c3ccccc3-c3cccc4cc5c(cc34)oc3ccccc35)cc2)cc1. The molecule has 2 heteroatoms. The first-order chi connectivity index (χ1) is 28.7. The number of rotatable bonds is 7. The summed E-state index contributed by atoms with van der Waals surface area (Å²) in [6.07, 6.45) is 0. The van der Waals surface area contributed by atoms with Crippen LogP contribution in [0.1, 0.15) is 0 Å². The van der Waals surface area contributed by atoms with Gasteiger partial charge in [0.05, 0.1) is 5.69 Å². The zero-order valence-electron chi connectivity index (χ0n) is 31.7. The van der Waals surface area contributed by atoms with Crippen molar-refractivity contribution in [1.29, 1.82) is 0 Å². The molecule has 1 heterocycles. The number of nitrogens with zero attached hydrogens (tertiary/aromatic N) is 1. The van der Waals surface area contributed by atoms with Crippen molar-refractivity contribution < 1.29 is 4.42 Å². The second-order valence-electron chi connectivity index (χ2n) is 14.9. The van der Waals surface area contributed by atoms with Crippen molar-refractivity contribution in [3.8, 4) is 44.5 Å². The molecule has 0 saturated heterocycles. The first kappa shape index (κ1) is 33.6. The minimum atomic E-state index is 0.896. The van der Waals surface area contributed by atoms with Crippen LogP contribution in [-0.2, 0) is 0 Å². The van der Waals surface area contributed by atoms with E-state index in [9.17, 15) is 0 Å². The van der Waals surface area contributed by atoms with Gasteiger partial charge in [-0.25, -0.2) is 0 Å². The molecule has 58 heavy (non-hydrogen) atoms. The van der Waals surface area contributed by atoms with Gasteiger partial charge in [0.15, 0.2) is 0 Å². The monoisotopic (exact) mass is 739 g/mol. The van der Waals surface area contributed by atoms with Gasteiger partial charge in [-0.05, 0) is 121 Å². The molecule has 0 amide bonds. The largest absolute Gasteiger partial charge is 0.456 e. The van der Waals surface area contributed by atoms with Gasteiger partial charge in [0, 0.05) is 27.7 Å². The molecular weight excluding hydrogens is 703 g/mol. The van der Waals surface area contributed by atoms with Crippen LogP contribution in [-0.4, -0.2) is 0 Å². The van der Waals surface area contributed by atoms with Gasteiger partial charge in [0.1, 0.15) is 11.2 Å². The molecule has 0 aliphatic carbocycles. The maximum atomic E-state index is 6.40. The topological polar surface area (TPSA) is 16.4 Å². The minimum Gasteiger partial charge on any atom is -0.456 e. The Hall–Kier alpha value is -7.68. The molecule has 0 atom stereocenters. The quantitative estimate of drug-likeness (QED) is 0.162. The number of fused-ring (bicyclic) bond motifs is 5. The highest BCUT2D eigenvalue weighted by Gasteiger charge is 2.20. The fraction of sp³-hybridized carbons (Fsp3) is 0. The number of benzene rings is 10. The van der Waals surface area contributed by atoms with Crippen molar-refractivity contribution in [1.82, 2.24) is 0 Å². The van der Waals surface area contributed by atoms with Gasteiger partial charge in [0.2, 0.25) is 0 Å². The van der Waals surface area contributed by atoms with Gasteiger partial charge >= 0.3 is 0 Å². The Morgan fingerprint density at radius 2 is 0.828 bits per heavy atom. The third-order valence-electron chi connectivity index (χ3n) is 11.4. The van der Waals surface area contributed by atoms with Gasteiger partial charge in [-0.2, -0.15) is 0 Å². The molecule has 2 nitrogen and oxygen atoms in total. The Kier molecular flexibility index (Phi) is 8.19. The van der Waals surface area contributed by atoms with Gasteiger partial charge in [-0.1, -0.05) is 164 Å². The average molecular weight is 740 g/mol. The first-order valence-electron chi connectivity index (χ1n) is 19.8. The summed E-state index contributed by atoms with van der Waals surface area (Å²) in [7, 11) is 0. The zero-order valence-corrected chi connectivity index (χ0v) is 31.7. The lowest BCUT2D eigenvalue weighted by Gasteiger charge is -2.28. The van der Waals surface area contributed by atoms with E-state index in [1.54, 1.807) is 0 Å². The highest BCUT2D eigenvalue weighted by Crippen LogP contribution is 2.44. The van der Waals surface area contributed by atoms with Crippen molar-refractivity contribution in [3.63, 3.8) is 0 Å². The van der Waals surface area contributed by atoms with Crippen LogP contribution >= 0.6 is 0 Å². The van der Waals surface area contributed by atoms with Crippen LogP contribution in [0.4, 0.5) is 17.1 Å². The van der Waals surface area contributed by atoms with E-state index in [0.29, 0.717) is 0 Å². The second-order valence-corrected chi connectivity index (χ2v) is 14.9. The fourth-order valence-electron chi connectivity index (χ4n) is 8.54. The van der Waals surface area contributed by atoms with Crippen LogP contribution in [0.5, 0.6) is 0 Å². The maximum absolute atomic E-state index is 6.40. The number of furan rings is 1. The molecule has 0 aliphatic rings. The van der Waals surface area contributed by atoms with E-state index >= 15 is 0 Å². The van der Waals surface area contributed by atoms with Crippen molar-refractivity contribution in [2.24, 2.45) is 0 Å². The maximum Gasteiger partial charge on any atom is 0.136 e. The molecule has 0 aliphatic heterocycles. The summed E-state index contributed by atoms with van der Waals surface area (Å²) in [5, 5.41) is 7.11. The smallest absolute Gasteiger partial charge is 0.136 e. The van der Waals surface area contributed by atoms with Gasteiger partial charge in [-0.15, -0.1) is 0 Å². The minimum absolute atomic E-state index is 0.896. The summed E-state index contributed by atoms with van der Waals surface area (Å²) in [6, 6.07) is 80.8. The van der Waals surface area contributed by atoms with Crippen LogP contribution in [0.25, 0.3) is 88.0 Å². The molecule has 11 aromatic rings. The van der Waals surface area contributed by atoms with E-state index in [-0.39, 0.29) is 0 Å². The van der Waals surface area contributed by atoms with E-state index in [1.807, 2.05) is 12.1 Å². The highest BCUT2D eigenvalue weighted by atomic mass is 16.3. The molecule has 10 aromatic carbocycles. The van der Waals surface area contributed by atoms with Gasteiger partial charge < -0.3 is 9.32 Å². The lowest BCUT2D eigenvalue weighted by Crippen LogP contribution is -2.11. The average Bonchev–Trinajstić information content (AvgIpc) is 3.66. The molecule has 0 radical (unpaired) electrons. The number of para-hydroxylation sites is 2. The normalized spacial score (nSPS) is 11.4. The summed E-state index contributed by atoms with van der Waals surface area (Å²) in [6.45, 7) is 0. The van der Waals surface area contributed by atoms with E-state index in [0.717, 1.165) is 55.5 Å². The molecule has 0 unspecified atom stereocenters. The van der Waals surface area contributed by atoms with Crippen LogP contribution < -0.4 is 4.90 Å². The molecular formula is C56H37NO. The molecule has 1 aromatic heterocycles.